The summed E-state index contributed by atoms with van der Waals surface area (Å²) in [5.41, 5.74) is 0.509. The summed E-state index contributed by atoms with van der Waals surface area (Å²) in [5, 5.41) is 4.25. The first-order valence-electron chi connectivity index (χ1n) is 5.55. The molecule has 1 atom stereocenters. The number of esters is 1. The number of aromatic nitrogens is 2. The third kappa shape index (κ3) is 2.14. The zero-order chi connectivity index (χ0) is 11.7. The summed E-state index contributed by atoms with van der Waals surface area (Å²) >= 11 is 3.42. The van der Waals surface area contributed by atoms with Crippen molar-refractivity contribution in [1.82, 2.24) is 9.78 Å². The van der Waals surface area contributed by atoms with E-state index in [1.807, 2.05) is 4.68 Å². The van der Waals surface area contributed by atoms with Gasteiger partial charge in [-0.3, -0.25) is 4.68 Å². The van der Waals surface area contributed by atoms with Gasteiger partial charge in [-0.25, -0.2) is 4.79 Å². The Bertz CT molecular complexity index is 399. The van der Waals surface area contributed by atoms with Crippen molar-refractivity contribution < 1.29 is 9.53 Å². The van der Waals surface area contributed by atoms with Gasteiger partial charge in [-0.15, -0.1) is 0 Å². The average Bonchev–Trinajstić information content (AvgIpc) is 3.02. The number of nitrogens with zero attached hydrogens (tertiary/aromatic N) is 2. The highest BCUT2D eigenvalue weighted by Crippen LogP contribution is 2.40. The van der Waals surface area contributed by atoms with E-state index in [1.54, 1.807) is 13.1 Å². The van der Waals surface area contributed by atoms with Crippen molar-refractivity contribution in [3.05, 3.63) is 16.4 Å². The Hall–Kier alpha value is -0.840. The second-order valence-electron chi connectivity index (χ2n) is 4.09. The van der Waals surface area contributed by atoms with E-state index in [0.29, 0.717) is 24.1 Å². The Kier molecular flexibility index (Phi) is 3.33. The molecule has 0 spiro atoms. The van der Waals surface area contributed by atoms with Crippen molar-refractivity contribution in [1.29, 1.82) is 0 Å². The zero-order valence-electron chi connectivity index (χ0n) is 9.44. The Morgan fingerprint density at radius 1 is 1.75 bits per heavy atom. The molecule has 1 aliphatic carbocycles. The monoisotopic (exact) mass is 286 g/mol. The van der Waals surface area contributed by atoms with Crippen LogP contribution in [-0.2, 0) is 4.74 Å². The normalized spacial score (nSPS) is 17.2. The average molecular weight is 287 g/mol. The van der Waals surface area contributed by atoms with E-state index in [2.05, 4.69) is 28.0 Å². The van der Waals surface area contributed by atoms with Gasteiger partial charge in [0.05, 0.1) is 18.8 Å². The van der Waals surface area contributed by atoms with Crippen LogP contribution in [0, 0.1) is 5.92 Å². The summed E-state index contributed by atoms with van der Waals surface area (Å²) in [6.07, 6.45) is 4.07. The van der Waals surface area contributed by atoms with Crippen LogP contribution in [0.15, 0.2) is 10.8 Å². The highest BCUT2D eigenvalue weighted by molar-refractivity contribution is 9.10. The molecule has 0 radical (unpaired) electrons. The topological polar surface area (TPSA) is 44.1 Å². The molecule has 0 aliphatic heterocycles. The lowest BCUT2D eigenvalue weighted by molar-refractivity contribution is 0.0525. The summed E-state index contributed by atoms with van der Waals surface area (Å²) in [7, 11) is 0. The van der Waals surface area contributed by atoms with Crippen LogP contribution in [0.4, 0.5) is 0 Å². The number of ether oxygens (including phenoxy) is 1. The lowest BCUT2D eigenvalue weighted by Crippen LogP contribution is -2.10. The van der Waals surface area contributed by atoms with Gasteiger partial charge in [0.15, 0.2) is 0 Å². The molecule has 1 aromatic rings. The fraction of sp³-hybridized carbons (Fsp3) is 0.636. The van der Waals surface area contributed by atoms with Gasteiger partial charge < -0.3 is 4.74 Å². The van der Waals surface area contributed by atoms with E-state index in [-0.39, 0.29) is 5.97 Å². The number of hydrogen-bond acceptors (Lipinski definition) is 3. The van der Waals surface area contributed by atoms with E-state index < -0.39 is 0 Å². The molecule has 0 saturated heterocycles. The summed E-state index contributed by atoms with van der Waals surface area (Å²) in [6.45, 7) is 4.31. The zero-order valence-corrected chi connectivity index (χ0v) is 11.0. The van der Waals surface area contributed by atoms with E-state index in [4.69, 9.17) is 4.74 Å². The lowest BCUT2D eigenvalue weighted by Gasteiger charge is -2.12. The lowest BCUT2D eigenvalue weighted by atomic mass is 10.2. The predicted octanol–water partition coefficient (Wildman–Crippen LogP) is 2.79. The van der Waals surface area contributed by atoms with Crippen LogP contribution in [0.1, 0.15) is 43.1 Å². The first-order chi connectivity index (χ1) is 7.65. The largest absolute Gasteiger partial charge is 0.462 e. The van der Waals surface area contributed by atoms with Crippen molar-refractivity contribution in [3.8, 4) is 0 Å². The van der Waals surface area contributed by atoms with Gasteiger partial charge >= 0.3 is 5.97 Å². The highest BCUT2D eigenvalue weighted by Gasteiger charge is 2.31. The van der Waals surface area contributed by atoms with Crippen LogP contribution < -0.4 is 0 Å². The molecule has 4 nitrogen and oxygen atoms in total. The minimum atomic E-state index is -0.316. The number of carbonyl (C=O) groups is 1. The predicted molar refractivity (Wildman–Crippen MR) is 63.3 cm³/mol. The van der Waals surface area contributed by atoms with E-state index in [0.717, 1.165) is 4.60 Å². The number of rotatable bonds is 4. The quantitative estimate of drug-likeness (QED) is 0.800. The van der Waals surface area contributed by atoms with E-state index in [1.165, 1.54) is 12.8 Å². The van der Waals surface area contributed by atoms with Crippen LogP contribution in [-0.4, -0.2) is 22.4 Å². The first kappa shape index (κ1) is 11.6. The third-order valence-electron chi connectivity index (χ3n) is 2.92. The molecule has 0 N–H and O–H groups in total. The molecular formula is C11H15BrN2O2. The van der Waals surface area contributed by atoms with Crippen molar-refractivity contribution in [3.63, 3.8) is 0 Å². The third-order valence-corrected chi connectivity index (χ3v) is 3.71. The minimum Gasteiger partial charge on any atom is -0.462 e. The molecule has 1 saturated carbocycles. The summed E-state index contributed by atoms with van der Waals surface area (Å²) in [5.74, 6) is 0.384. The van der Waals surface area contributed by atoms with Crippen LogP contribution >= 0.6 is 15.9 Å². The van der Waals surface area contributed by atoms with Crippen LogP contribution in [0.25, 0.3) is 0 Å². The number of carbonyl (C=O) groups excluding carboxylic acids is 1. The Balaban J connectivity index is 2.19. The molecule has 0 aromatic carbocycles. The van der Waals surface area contributed by atoms with E-state index >= 15 is 0 Å². The molecule has 5 heteroatoms. The van der Waals surface area contributed by atoms with Crippen LogP contribution in [0.2, 0.25) is 0 Å². The van der Waals surface area contributed by atoms with Gasteiger partial charge in [-0.05, 0) is 48.5 Å². The standard InChI is InChI=1S/C11H15BrN2O2/c1-3-16-11(15)9-6-13-14(10(9)12)7(2)8-4-5-8/h6-8H,3-5H2,1-2H3/t7-/m0/s1. The molecule has 1 fully saturated rings. The SMILES string of the molecule is CCOC(=O)c1cnn([C@@H](C)C2CC2)c1Br. The Morgan fingerprint density at radius 3 is 3.00 bits per heavy atom. The maximum absolute atomic E-state index is 11.6. The van der Waals surface area contributed by atoms with Crippen LogP contribution in [0.3, 0.4) is 0 Å². The van der Waals surface area contributed by atoms with Crippen molar-refractivity contribution in [2.24, 2.45) is 5.92 Å². The molecule has 0 amide bonds. The Labute approximate surface area is 103 Å². The summed E-state index contributed by atoms with van der Waals surface area (Å²) in [6, 6.07) is 0.345. The van der Waals surface area contributed by atoms with Gasteiger partial charge in [-0.1, -0.05) is 0 Å². The van der Waals surface area contributed by atoms with Gasteiger partial charge in [0, 0.05) is 0 Å². The van der Waals surface area contributed by atoms with Gasteiger partial charge in [0.1, 0.15) is 10.2 Å². The smallest absolute Gasteiger partial charge is 0.342 e. The molecular weight excluding hydrogens is 272 g/mol. The second kappa shape index (κ2) is 4.57. The Morgan fingerprint density at radius 2 is 2.44 bits per heavy atom. The van der Waals surface area contributed by atoms with Crippen molar-refractivity contribution in [2.75, 3.05) is 6.61 Å². The molecule has 88 valence electrons. The summed E-state index contributed by atoms with van der Waals surface area (Å²) < 4.78 is 7.55. The van der Waals surface area contributed by atoms with Gasteiger partial charge in [0.25, 0.3) is 0 Å². The van der Waals surface area contributed by atoms with Crippen LogP contribution in [0.5, 0.6) is 0 Å². The van der Waals surface area contributed by atoms with E-state index in [9.17, 15) is 4.79 Å². The summed E-state index contributed by atoms with van der Waals surface area (Å²) in [4.78, 5) is 11.6. The number of halogens is 1. The highest BCUT2D eigenvalue weighted by atomic mass is 79.9. The minimum absolute atomic E-state index is 0.316. The second-order valence-corrected chi connectivity index (χ2v) is 4.84. The first-order valence-corrected chi connectivity index (χ1v) is 6.34. The van der Waals surface area contributed by atoms with Gasteiger partial charge in [-0.2, -0.15) is 5.10 Å². The molecule has 0 unspecified atom stereocenters. The molecule has 1 aromatic heterocycles. The van der Waals surface area contributed by atoms with Crippen molar-refractivity contribution in [2.45, 2.75) is 32.7 Å². The maximum Gasteiger partial charge on any atom is 0.342 e. The maximum atomic E-state index is 11.6. The molecule has 0 bridgehead atoms. The fourth-order valence-electron chi connectivity index (χ4n) is 1.76. The molecule has 2 rings (SSSR count). The molecule has 16 heavy (non-hydrogen) atoms. The molecule has 1 heterocycles. The number of hydrogen-bond donors (Lipinski definition) is 0. The van der Waals surface area contributed by atoms with Crippen molar-refractivity contribution >= 4 is 21.9 Å². The molecule has 1 aliphatic rings. The van der Waals surface area contributed by atoms with Gasteiger partial charge in [0.2, 0.25) is 0 Å². The fourth-order valence-corrected chi connectivity index (χ4v) is 2.43.